The van der Waals surface area contributed by atoms with Crippen molar-refractivity contribution < 1.29 is 14.4 Å². The minimum Gasteiger partial charge on any atom is -0.363 e. The number of rotatable bonds is 8. The maximum atomic E-state index is 11.3. The lowest BCUT2D eigenvalue weighted by Gasteiger charge is -2.22. The molecule has 0 atom stereocenters. The fourth-order valence-corrected chi connectivity index (χ4v) is 1.30. The lowest BCUT2D eigenvalue weighted by Crippen LogP contribution is -2.36. The molecule has 0 bridgehead atoms. The van der Waals surface area contributed by atoms with Crippen molar-refractivity contribution in [2.75, 3.05) is 33.7 Å². The maximum absolute atomic E-state index is 11.3. The number of likely N-dealkylation sites (N-methyl/N-ethyl adjacent to an activating group) is 1. The van der Waals surface area contributed by atoms with Crippen LogP contribution in [0.2, 0.25) is 0 Å². The number of carbonyl (C=O) groups excluding carboxylic acids is 3. The Hall–Kier alpha value is -1.43. The first-order valence-electron chi connectivity index (χ1n) is 5.57. The van der Waals surface area contributed by atoms with Crippen LogP contribution in [0.4, 0.5) is 0 Å². The Balaban J connectivity index is 3.97. The summed E-state index contributed by atoms with van der Waals surface area (Å²) in [5, 5.41) is 0. The molecule has 0 saturated heterocycles. The Kier molecular flexibility index (Phi) is 7.13. The van der Waals surface area contributed by atoms with Gasteiger partial charge in [0, 0.05) is 33.0 Å². The number of nitrogens with two attached hydrogens (primary N) is 1. The van der Waals surface area contributed by atoms with Crippen LogP contribution in [0.5, 0.6) is 0 Å². The third-order valence-corrected chi connectivity index (χ3v) is 2.37. The molecule has 0 radical (unpaired) electrons. The molecule has 0 aliphatic rings. The van der Waals surface area contributed by atoms with Crippen LogP contribution in [0.1, 0.15) is 19.8 Å². The van der Waals surface area contributed by atoms with Crippen LogP contribution in [0, 0.1) is 0 Å². The summed E-state index contributed by atoms with van der Waals surface area (Å²) in [6.45, 7) is 3.35. The van der Waals surface area contributed by atoms with Crippen molar-refractivity contribution in [1.29, 1.82) is 0 Å². The van der Waals surface area contributed by atoms with Gasteiger partial charge in [-0.3, -0.25) is 14.4 Å². The third kappa shape index (κ3) is 7.46. The topological polar surface area (TPSA) is 83.7 Å². The number of nitrogens with zero attached hydrogens (tertiary/aromatic N) is 2. The van der Waals surface area contributed by atoms with Crippen LogP contribution >= 0.6 is 0 Å². The molecule has 0 saturated carbocycles. The smallest absolute Gasteiger partial charge is 0.284 e. The second kappa shape index (κ2) is 7.78. The van der Waals surface area contributed by atoms with Gasteiger partial charge in [0.25, 0.3) is 5.91 Å². The summed E-state index contributed by atoms with van der Waals surface area (Å²) in [4.78, 5) is 36.4. The molecule has 0 fully saturated rings. The van der Waals surface area contributed by atoms with E-state index in [1.54, 1.807) is 4.90 Å². The van der Waals surface area contributed by atoms with Gasteiger partial charge in [-0.25, -0.2) is 0 Å². The quantitative estimate of drug-likeness (QED) is 0.567. The van der Waals surface area contributed by atoms with Gasteiger partial charge in [-0.15, -0.1) is 0 Å². The molecule has 0 aromatic heterocycles. The molecule has 0 aromatic rings. The summed E-state index contributed by atoms with van der Waals surface area (Å²) < 4.78 is 0. The highest BCUT2D eigenvalue weighted by molar-refractivity contribution is 6.35. The van der Waals surface area contributed by atoms with Crippen molar-refractivity contribution in [3.8, 4) is 0 Å². The number of amides is 2. The Labute approximate surface area is 102 Å². The molecule has 17 heavy (non-hydrogen) atoms. The van der Waals surface area contributed by atoms with Crippen molar-refractivity contribution in [2.24, 2.45) is 5.73 Å². The minimum atomic E-state index is -0.910. The summed E-state index contributed by atoms with van der Waals surface area (Å²) in [5.41, 5.74) is 4.84. The van der Waals surface area contributed by atoms with Gasteiger partial charge < -0.3 is 15.5 Å². The van der Waals surface area contributed by atoms with E-state index in [1.807, 2.05) is 19.0 Å². The van der Waals surface area contributed by atoms with Crippen LogP contribution in [0.25, 0.3) is 0 Å². The monoisotopic (exact) mass is 243 g/mol. The van der Waals surface area contributed by atoms with Crippen LogP contribution in [-0.4, -0.2) is 61.1 Å². The van der Waals surface area contributed by atoms with E-state index >= 15 is 0 Å². The minimum absolute atomic E-state index is 0.0293. The predicted molar refractivity (Wildman–Crippen MR) is 64.2 cm³/mol. The molecule has 2 N–H and O–H groups in total. The standard InChI is InChI=1S/C11H21N3O3/c1-9(15)14(8-7-13(2)3)6-4-5-10(16)11(12)17/h4-8H2,1-3H3,(H2,12,17). The molecular formula is C11H21N3O3. The highest BCUT2D eigenvalue weighted by atomic mass is 16.2. The lowest BCUT2D eigenvalue weighted by molar-refractivity contribution is -0.136. The normalized spacial score (nSPS) is 10.4. The van der Waals surface area contributed by atoms with E-state index in [0.29, 0.717) is 19.5 Å². The number of ketones is 1. The van der Waals surface area contributed by atoms with E-state index in [1.165, 1.54) is 6.92 Å². The van der Waals surface area contributed by atoms with Gasteiger partial charge in [-0.05, 0) is 20.5 Å². The van der Waals surface area contributed by atoms with Crippen LogP contribution in [-0.2, 0) is 14.4 Å². The Morgan fingerprint density at radius 2 is 1.65 bits per heavy atom. The zero-order chi connectivity index (χ0) is 13.4. The molecule has 0 aliphatic carbocycles. The summed E-state index contributed by atoms with van der Waals surface area (Å²) in [6, 6.07) is 0. The van der Waals surface area contributed by atoms with Crippen LogP contribution in [0.3, 0.4) is 0 Å². The van der Waals surface area contributed by atoms with Gasteiger partial charge in [0.1, 0.15) is 0 Å². The van der Waals surface area contributed by atoms with Gasteiger partial charge in [-0.1, -0.05) is 0 Å². The Morgan fingerprint density at radius 1 is 1.06 bits per heavy atom. The highest BCUT2D eigenvalue weighted by Crippen LogP contribution is 1.98. The van der Waals surface area contributed by atoms with Gasteiger partial charge in [0.15, 0.2) is 0 Å². The molecule has 0 aliphatic heterocycles. The van der Waals surface area contributed by atoms with E-state index < -0.39 is 11.7 Å². The van der Waals surface area contributed by atoms with E-state index in [-0.39, 0.29) is 12.3 Å². The summed E-state index contributed by atoms with van der Waals surface area (Å²) in [6.07, 6.45) is 0.565. The molecule has 0 heterocycles. The lowest BCUT2D eigenvalue weighted by atomic mass is 10.2. The van der Waals surface area contributed by atoms with Crippen LogP contribution in [0.15, 0.2) is 0 Å². The summed E-state index contributed by atoms with van der Waals surface area (Å²) in [7, 11) is 3.85. The molecule has 0 aromatic carbocycles. The Bertz CT molecular complexity index is 290. The third-order valence-electron chi connectivity index (χ3n) is 2.37. The zero-order valence-electron chi connectivity index (χ0n) is 10.7. The van der Waals surface area contributed by atoms with Crippen LogP contribution < -0.4 is 5.73 Å². The van der Waals surface area contributed by atoms with Crippen molar-refractivity contribution in [3.05, 3.63) is 0 Å². The molecule has 6 nitrogen and oxygen atoms in total. The predicted octanol–water partition coefficient (Wildman–Crippen LogP) is -0.769. The fourth-order valence-electron chi connectivity index (χ4n) is 1.30. The van der Waals surface area contributed by atoms with Crippen molar-refractivity contribution in [3.63, 3.8) is 0 Å². The van der Waals surface area contributed by atoms with E-state index in [2.05, 4.69) is 0 Å². The fraction of sp³-hybridized carbons (Fsp3) is 0.727. The van der Waals surface area contributed by atoms with Gasteiger partial charge in [0.2, 0.25) is 11.7 Å². The van der Waals surface area contributed by atoms with E-state index in [4.69, 9.17) is 5.73 Å². The number of primary amides is 1. The molecule has 0 unspecified atom stereocenters. The SMILES string of the molecule is CC(=O)N(CCCC(=O)C(N)=O)CCN(C)C. The molecule has 6 heteroatoms. The molecular weight excluding hydrogens is 222 g/mol. The average Bonchev–Trinajstić information content (AvgIpc) is 2.21. The van der Waals surface area contributed by atoms with Gasteiger partial charge in [0.05, 0.1) is 0 Å². The first-order chi connectivity index (χ1) is 7.84. The van der Waals surface area contributed by atoms with Gasteiger partial charge >= 0.3 is 0 Å². The molecule has 2 amide bonds. The molecule has 98 valence electrons. The number of hydrogen-bond donors (Lipinski definition) is 1. The van der Waals surface area contributed by atoms with E-state index in [9.17, 15) is 14.4 Å². The van der Waals surface area contributed by atoms with Gasteiger partial charge in [-0.2, -0.15) is 0 Å². The second-order valence-electron chi connectivity index (χ2n) is 4.20. The molecule has 0 spiro atoms. The maximum Gasteiger partial charge on any atom is 0.284 e. The van der Waals surface area contributed by atoms with Crippen molar-refractivity contribution in [1.82, 2.24) is 9.80 Å². The van der Waals surface area contributed by atoms with Crippen molar-refractivity contribution >= 4 is 17.6 Å². The second-order valence-corrected chi connectivity index (χ2v) is 4.20. The number of hydrogen-bond acceptors (Lipinski definition) is 4. The first kappa shape index (κ1) is 15.6. The summed E-state index contributed by atoms with van der Waals surface area (Å²) in [5.74, 6) is -1.52. The molecule has 0 rings (SSSR count). The number of carbonyl (C=O) groups is 3. The zero-order valence-corrected chi connectivity index (χ0v) is 10.7. The Morgan fingerprint density at radius 3 is 2.06 bits per heavy atom. The largest absolute Gasteiger partial charge is 0.363 e. The van der Waals surface area contributed by atoms with E-state index in [0.717, 1.165) is 6.54 Å². The summed E-state index contributed by atoms with van der Waals surface area (Å²) >= 11 is 0. The highest BCUT2D eigenvalue weighted by Gasteiger charge is 2.12. The van der Waals surface area contributed by atoms with Crippen molar-refractivity contribution in [2.45, 2.75) is 19.8 Å². The number of Topliss-reactive ketones (excluding diaryl/α,β-unsaturated/α-hetero) is 1. The first-order valence-corrected chi connectivity index (χ1v) is 5.57. The average molecular weight is 243 g/mol.